The van der Waals surface area contributed by atoms with Crippen LogP contribution in [0.25, 0.3) is 0 Å². The average molecular weight is 264 g/mol. The fourth-order valence-corrected chi connectivity index (χ4v) is 3.03. The Bertz CT molecular complexity index is 388. The number of amidine groups is 1. The Hall–Kier alpha value is -0.700. The lowest BCUT2D eigenvalue weighted by Crippen LogP contribution is -2.56. The standard InChI is InChI=1S/C9H20N4O3S/c1-9(2,3)12-17(14,15)13-4-5-16-7(6-13)8(10)11/h7,12H,4-6H2,1-3H3,(H3,10,11). The molecule has 0 spiro atoms. The van der Waals surface area contributed by atoms with E-state index in [1.165, 1.54) is 4.31 Å². The van der Waals surface area contributed by atoms with E-state index in [4.69, 9.17) is 15.9 Å². The highest BCUT2D eigenvalue weighted by Gasteiger charge is 2.32. The van der Waals surface area contributed by atoms with Crippen molar-refractivity contribution < 1.29 is 13.2 Å². The van der Waals surface area contributed by atoms with Gasteiger partial charge in [0.15, 0.2) is 0 Å². The minimum Gasteiger partial charge on any atom is -0.385 e. The molecule has 1 atom stereocenters. The summed E-state index contributed by atoms with van der Waals surface area (Å²) in [5.74, 6) is -0.152. The van der Waals surface area contributed by atoms with Crippen LogP contribution in [0.3, 0.4) is 0 Å². The van der Waals surface area contributed by atoms with E-state index >= 15 is 0 Å². The van der Waals surface area contributed by atoms with Crippen LogP contribution in [0.4, 0.5) is 0 Å². The van der Waals surface area contributed by atoms with E-state index in [0.29, 0.717) is 0 Å². The fourth-order valence-electron chi connectivity index (χ4n) is 1.48. The molecule has 0 aromatic rings. The molecular weight excluding hydrogens is 244 g/mol. The number of nitrogens with one attached hydrogen (secondary N) is 2. The SMILES string of the molecule is CC(C)(C)NS(=O)(=O)N1CCOC(C(=N)N)C1. The van der Waals surface area contributed by atoms with Gasteiger partial charge < -0.3 is 10.5 Å². The maximum atomic E-state index is 12.0. The van der Waals surface area contributed by atoms with Crippen LogP contribution in [-0.4, -0.2) is 49.9 Å². The number of ether oxygens (including phenoxy) is 1. The topological polar surface area (TPSA) is 109 Å². The molecule has 7 nitrogen and oxygen atoms in total. The molecule has 1 saturated heterocycles. The van der Waals surface area contributed by atoms with Gasteiger partial charge in [0.1, 0.15) is 11.9 Å². The number of morpholine rings is 1. The molecule has 8 heteroatoms. The highest BCUT2D eigenvalue weighted by Crippen LogP contribution is 2.11. The predicted molar refractivity (Wildman–Crippen MR) is 65.0 cm³/mol. The first kappa shape index (κ1) is 14.4. The molecule has 1 heterocycles. The summed E-state index contributed by atoms with van der Waals surface area (Å²) in [5.41, 5.74) is 4.78. The Labute approximate surface area is 102 Å². The van der Waals surface area contributed by atoms with Crippen molar-refractivity contribution in [3.05, 3.63) is 0 Å². The molecule has 17 heavy (non-hydrogen) atoms. The van der Waals surface area contributed by atoms with Crippen LogP contribution >= 0.6 is 0 Å². The summed E-state index contributed by atoms with van der Waals surface area (Å²) in [6, 6.07) is 0. The Kier molecular flexibility index (Phi) is 4.13. The van der Waals surface area contributed by atoms with Gasteiger partial charge in [-0.15, -0.1) is 0 Å². The molecule has 1 rings (SSSR count). The molecule has 0 bridgehead atoms. The van der Waals surface area contributed by atoms with Crippen LogP contribution < -0.4 is 10.5 Å². The van der Waals surface area contributed by atoms with Gasteiger partial charge in [0.25, 0.3) is 10.2 Å². The van der Waals surface area contributed by atoms with Gasteiger partial charge in [0.2, 0.25) is 0 Å². The summed E-state index contributed by atoms with van der Waals surface area (Å²) in [5, 5.41) is 7.27. The molecular formula is C9H20N4O3S. The number of hydrogen-bond donors (Lipinski definition) is 3. The molecule has 1 aliphatic heterocycles. The first-order valence-electron chi connectivity index (χ1n) is 5.36. The number of hydrogen-bond acceptors (Lipinski definition) is 4. The molecule has 4 N–H and O–H groups in total. The van der Waals surface area contributed by atoms with E-state index in [0.717, 1.165) is 0 Å². The monoisotopic (exact) mass is 264 g/mol. The Morgan fingerprint density at radius 3 is 2.59 bits per heavy atom. The van der Waals surface area contributed by atoms with Crippen molar-refractivity contribution in [3.63, 3.8) is 0 Å². The highest BCUT2D eigenvalue weighted by atomic mass is 32.2. The first-order valence-corrected chi connectivity index (χ1v) is 6.80. The zero-order valence-corrected chi connectivity index (χ0v) is 11.2. The fraction of sp³-hybridized carbons (Fsp3) is 0.889. The van der Waals surface area contributed by atoms with Crippen molar-refractivity contribution in [1.82, 2.24) is 9.03 Å². The van der Waals surface area contributed by atoms with Gasteiger partial charge in [0.05, 0.1) is 6.61 Å². The number of nitrogens with zero attached hydrogens (tertiary/aromatic N) is 1. The normalized spacial score (nSPS) is 23.6. The minimum atomic E-state index is -3.56. The lowest BCUT2D eigenvalue weighted by molar-refractivity contribution is 0.0361. The molecule has 1 fully saturated rings. The van der Waals surface area contributed by atoms with E-state index in [9.17, 15) is 8.42 Å². The van der Waals surface area contributed by atoms with E-state index in [-0.39, 0.29) is 25.5 Å². The average Bonchev–Trinajstić information content (AvgIpc) is 2.14. The van der Waals surface area contributed by atoms with Gasteiger partial charge in [-0.1, -0.05) is 0 Å². The van der Waals surface area contributed by atoms with Crippen LogP contribution in [0.1, 0.15) is 20.8 Å². The Balaban J connectivity index is 2.75. The maximum Gasteiger partial charge on any atom is 0.280 e. The Morgan fingerprint density at radius 1 is 1.53 bits per heavy atom. The summed E-state index contributed by atoms with van der Waals surface area (Å²) in [7, 11) is -3.56. The molecule has 0 radical (unpaired) electrons. The lowest BCUT2D eigenvalue weighted by Gasteiger charge is -2.33. The summed E-state index contributed by atoms with van der Waals surface area (Å²) >= 11 is 0. The second-order valence-electron chi connectivity index (χ2n) is 5.03. The van der Waals surface area contributed by atoms with Crippen molar-refractivity contribution in [2.45, 2.75) is 32.4 Å². The summed E-state index contributed by atoms with van der Waals surface area (Å²) in [6.07, 6.45) is -0.653. The van der Waals surface area contributed by atoms with Crippen molar-refractivity contribution >= 4 is 16.0 Å². The summed E-state index contributed by atoms with van der Waals surface area (Å²) in [4.78, 5) is 0. The summed E-state index contributed by atoms with van der Waals surface area (Å²) < 4.78 is 33.1. The van der Waals surface area contributed by atoms with Crippen molar-refractivity contribution in [3.8, 4) is 0 Å². The van der Waals surface area contributed by atoms with Gasteiger partial charge in [-0.25, -0.2) is 0 Å². The van der Waals surface area contributed by atoms with Gasteiger partial charge >= 0.3 is 0 Å². The quantitative estimate of drug-likeness (QED) is 0.460. The van der Waals surface area contributed by atoms with Crippen LogP contribution in [-0.2, 0) is 14.9 Å². The molecule has 100 valence electrons. The van der Waals surface area contributed by atoms with Crippen molar-refractivity contribution in [1.29, 1.82) is 5.41 Å². The third kappa shape index (κ3) is 4.23. The van der Waals surface area contributed by atoms with E-state index in [2.05, 4.69) is 4.72 Å². The van der Waals surface area contributed by atoms with Gasteiger partial charge in [0, 0.05) is 18.6 Å². The maximum absolute atomic E-state index is 12.0. The van der Waals surface area contributed by atoms with Crippen molar-refractivity contribution in [2.24, 2.45) is 5.73 Å². The molecule has 0 saturated carbocycles. The summed E-state index contributed by atoms with van der Waals surface area (Å²) in [6.45, 7) is 5.92. The zero-order chi connectivity index (χ0) is 13.3. The molecule has 0 aliphatic carbocycles. The van der Waals surface area contributed by atoms with E-state index in [1.54, 1.807) is 20.8 Å². The van der Waals surface area contributed by atoms with E-state index in [1.807, 2.05) is 0 Å². The van der Waals surface area contributed by atoms with Crippen molar-refractivity contribution in [2.75, 3.05) is 19.7 Å². The minimum absolute atomic E-state index is 0.0841. The molecule has 0 amide bonds. The largest absolute Gasteiger partial charge is 0.385 e. The highest BCUT2D eigenvalue weighted by molar-refractivity contribution is 7.87. The Morgan fingerprint density at radius 2 is 2.12 bits per heavy atom. The second-order valence-corrected chi connectivity index (χ2v) is 6.70. The van der Waals surface area contributed by atoms with Crippen LogP contribution in [0.15, 0.2) is 0 Å². The smallest absolute Gasteiger partial charge is 0.280 e. The van der Waals surface area contributed by atoms with Gasteiger partial charge in [-0.2, -0.15) is 17.4 Å². The number of nitrogens with two attached hydrogens (primary N) is 1. The lowest BCUT2D eigenvalue weighted by atomic mass is 10.1. The third-order valence-corrected chi connectivity index (χ3v) is 4.03. The third-order valence-electron chi connectivity index (χ3n) is 2.15. The molecule has 0 aromatic carbocycles. The number of rotatable bonds is 3. The zero-order valence-electron chi connectivity index (χ0n) is 10.4. The van der Waals surface area contributed by atoms with Gasteiger partial charge in [-0.3, -0.25) is 5.41 Å². The first-order chi connectivity index (χ1) is 7.62. The van der Waals surface area contributed by atoms with Gasteiger partial charge in [-0.05, 0) is 20.8 Å². The van der Waals surface area contributed by atoms with Crippen LogP contribution in [0, 0.1) is 5.41 Å². The molecule has 1 aliphatic rings. The second kappa shape index (κ2) is 4.89. The van der Waals surface area contributed by atoms with E-state index < -0.39 is 21.9 Å². The van der Waals surface area contributed by atoms with Crippen LogP contribution in [0.2, 0.25) is 0 Å². The predicted octanol–water partition coefficient (Wildman–Crippen LogP) is -0.744. The molecule has 1 unspecified atom stereocenters. The van der Waals surface area contributed by atoms with Crippen LogP contribution in [0.5, 0.6) is 0 Å². The molecule has 0 aromatic heterocycles.